The van der Waals surface area contributed by atoms with Gasteiger partial charge in [-0.3, -0.25) is 0 Å². The molecule has 0 fully saturated rings. The van der Waals surface area contributed by atoms with Crippen LogP contribution in [0.2, 0.25) is 0 Å². The summed E-state index contributed by atoms with van der Waals surface area (Å²) in [6, 6.07) is 1.74. The number of thiophene rings is 1. The number of methoxy groups -OCH3 is 1. The van der Waals surface area contributed by atoms with Crippen LogP contribution in [0.3, 0.4) is 0 Å². The second-order valence-corrected chi connectivity index (χ2v) is 3.43. The third-order valence-corrected chi connectivity index (χ3v) is 2.39. The zero-order valence-corrected chi connectivity index (χ0v) is 8.90. The van der Waals surface area contributed by atoms with Gasteiger partial charge in [0.15, 0.2) is 0 Å². The van der Waals surface area contributed by atoms with Gasteiger partial charge < -0.3 is 10.1 Å². The van der Waals surface area contributed by atoms with Crippen LogP contribution in [-0.2, 0) is 4.74 Å². The molecule has 74 valence electrons. The summed E-state index contributed by atoms with van der Waals surface area (Å²) in [5.41, 5.74) is 0.852. The van der Waals surface area contributed by atoms with E-state index in [9.17, 15) is 4.79 Å². The van der Waals surface area contributed by atoms with E-state index in [1.165, 1.54) is 18.4 Å². The Balaban J connectivity index is 2.70. The maximum atomic E-state index is 11.1. The largest absolute Gasteiger partial charge is 0.465 e. The van der Waals surface area contributed by atoms with Gasteiger partial charge in [-0.25, -0.2) is 4.79 Å². The Labute approximate surface area is 87.1 Å². The predicted molar refractivity (Wildman–Crippen MR) is 56.5 cm³/mol. The van der Waals surface area contributed by atoms with Crippen LogP contribution in [0.5, 0.6) is 0 Å². The van der Waals surface area contributed by atoms with E-state index >= 15 is 0 Å². The molecule has 0 spiro atoms. The molecule has 0 amide bonds. The average molecular weight is 209 g/mol. The maximum Gasteiger partial charge on any atom is 0.348 e. The van der Waals surface area contributed by atoms with Crippen LogP contribution in [-0.4, -0.2) is 26.7 Å². The topological polar surface area (TPSA) is 38.3 Å². The SMILES string of the molecule is CNCC#Cc1csc(C(=O)OC)c1. The molecule has 14 heavy (non-hydrogen) atoms. The minimum Gasteiger partial charge on any atom is -0.465 e. The first-order valence-electron chi connectivity index (χ1n) is 4.08. The number of ether oxygens (including phenoxy) is 1. The Hall–Kier alpha value is -1.31. The van der Waals surface area contributed by atoms with E-state index in [2.05, 4.69) is 21.9 Å². The number of carbonyl (C=O) groups is 1. The summed E-state index contributed by atoms with van der Waals surface area (Å²) >= 11 is 1.34. The molecule has 0 unspecified atom stereocenters. The number of nitrogens with one attached hydrogen (secondary N) is 1. The average Bonchev–Trinajstić information content (AvgIpc) is 2.66. The van der Waals surface area contributed by atoms with Gasteiger partial charge in [0.1, 0.15) is 4.88 Å². The van der Waals surface area contributed by atoms with Gasteiger partial charge in [0.25, 0.3) is 0 Å². The summed E-state index contributed by atoms with van der Waals surface area (Å²) in [5, 5.41) is 4.76. The summed E-state index contributed by atoms with van der Waals surface area (Å²) in [5.74, 6) is 5.54. The molecule has 1 heterocycles. The van der Waals surface area contributed by atoms with Gasteiger partial charge in [-0.05, 0) is 13.1 Å². The number of esters is 1. The van der Waals surface area contributed by atoms with Gasteiger partial charge in [0.2, 0.25) is 0 Å². The van der Waals surface area contributed by atoms with Gasteiger partial charge in [0.05, 0.1) is 13.7 Å². The van der Waals surface area contributed by atoms with E-state index in [1.54, 1.807) is 6.07 Å². The number of hydrogen-bond acceptors (Lipinski definition) is 4. The van der Waals surface area contributed by atoms with Crippen molar-refractivity contribution >= 4 is 17.3 Å². The van der Waals surface area contributed by atoms with Crippen molar-refractivity contribution < 1.29 is 9.53 Å². The van der Waals surface area contributed by atoms with Gasteiger partial charge in [0, 0.05) is 10.9 Å². The first-order valence-corrected chi connectivity index (χ1v) is 4.96. The van der Waals surface area contributed by atoms with Crippen molar-refractivity contribution in [1.29, 1.82) is 0 Å². The minimum atomic E-state index is -0.309. The molecular weight excluding hydrogens is 198 g/mol. The van der Waals surface area contributed by atoms with Crippen LogP contribution in [0.15, 0.2) is 11.4 Å². The molecular formula is C10H11NO2S. The lowest BCUT2D eigenvalue weighted by Gasteiger charge is -1.90. The molecule has 0 atom stereocenters. The first kappa shape index (κ1) is 10.8. The van der Waals surface area contributed by atoms with Gasteiger partial charge >= 0.3 is 5.97 Å². The van der Waals surface area contributed by atoms with E-state index in [4.69, 9.17) is 0 Å². The van der Waals surface area contributed by atoms with Crippen LogP contribution < -0.4 is 5.32 Å². The Morgan fingerprint density at radius 1 is 1.71 bits per heavy atom. The normalized spacial score (nSPS) is 9.00. The number of hydrogen-bond donors (Lipinski definition) is 1. The summed E-state index contributed by atoms with van der Waals surface area (Å²) in [7, 11) is 3.20. The highest BCUT2D eigenvalue weighted by molar-refractivity contribution is 7.12. The highest BCUT2D eigenvalue weighted by Crippen LogP contribution is 2.14. The zero-order valence-electron chi connectivity index (χ0n) is 8.09. The highest BCUT2D eigenvalue weighted by atomic mass is 32.1. The maximum absolute atomic E-state index is 11.1. The first-order chi connectivity index (χ1) is 6.77. The third kappa shape index (κ3) is 2.87. The fourth-order valence-corrected chi connectivity index (χ4v) is 1.60. The predicted octanol–water partition coefficient (Wildman–Crippen LogP) is 1.11. The second kappa shape index (κ2) is 5.43. The van der Waals surface area contributed by atoms with Crippen LogP contribution in [0, 0.1) is 11.8 Å². The molecule has 0 aliphatic carbocycles. The van der Waals surface area contributed by atoms with Crippen molar-refractivity contribution in [3.63, 3.8) is 0 Å². The minimum absolute atomic E-state index is 0.309. The van der Waals surface area contributed by atoms with Crippen molar-refractivity contribution in [3.05, 3.63) is 21.9 Å². The molecule has 1 rings (SSSR count). The lowest BCUT2D eigenvalue weighted by atomic mass is 10.3. The molecule has 0 aliphatic heterocycles. The molecule has 1 N–H and O–H groups in total. The van der Waals surface area contributed by atoms with Crippen molar-refractivity contribution in [2.24, 2.45) is 0 Å². The second-order valence-electron chi connectivity index (χ2n) is 2.52. The summed E-state index contributed by atoms with van der Waals surface area (Å²) in [6.45, 7) is 0.642. The summed E-state index contributed by atoms with van der Waals surface area (Å²) < 4.78 is 4.59. The Morgan fingerprint density at radius 3 is 3.14 bits per heavy atom. The fraction of sp³-hybridized carbons (Fsp3) is 0.300. The van der Waals surface area contributed by atoms with Gasteiger partial charge in [-0.2, -0.15) is 0 Å². The monoisotopic (exact) mass is 209 g/mol. The molecule has 0 bridgehead atoms. The molecule has 1 aromatic heterocycles. The van der Waals surface area contributed by atoms with E-state index in [-0.39, 0.29) is 5.97 Å². The van der Waals surface area contributed by atoms with Crippen LogP contribution in [0.1, 0.15) is 15.2 Å². The molecule has 0 radical (unpaired) electrons. The Bertz CT molecular complexity index is 373. The van der Waals surface area contributed by atoms with Crippen LogP contribution >= 0.6 is 11.3 Å². The van der Waals surface area contributed by atoms with Gasteiger partial charge in [-0.1, -0.05) is 11.8 Å². The van der Waals surface area contributed by atoms with Crippen molar-refractivity contribution in [2.75, 3.05) is 20.7 Å². The van der Waals surface area contributed by atoms with Gasteiger partial charge in [-0.15, -0.1) is 11.3 Å². The molecule has 0 aliphatic rings. The van der Waals surface area contributed by atoms with Crippen LogP contribution in [0.4, 0.5) is 0 Å². The smallest absolute Gasteiger partial charge is 0.348 e. The lowest BCUT2D eigenvalue weighted by Crippen LogP contribution is -2.04. The van der Waals surface area contributed by atoms with E-state index in [1.807, 2.05) is 12.4 Å². The number of carbonyl (C=O) groups excluding carboxylic acids is 1. The fourth-order valence-electron chi connectivity index (χ4n) is 0.844. The molecule has 0 saturated heterocycles. The highest BCUT2D eigenvalue weighted by Gasteiger charge is 2.07. The molecule has 0 saturated carbocycles. The molecule has 0 aromatic carbocycles. The summed E-state index contributed by atoms with van der Waals surface area (Å²) in [6.07, 6.45) is 0. The van der Waals surface area contributed by atoms with E-state index in [0.717, 1.165) is 5.56 Å². The summed E-state index contributed by atoms with van der Waals surface area (Å²) in [4.78, 5) is 11.7. The lowest BCUT2D eigenvalue weighted by molar-refractivity contribution is 0.0606. The standard InChI is InChI=1S/C10H11NO2S/c1-11-5-3-4-8-6-9(14-7-8)10(12)13-2/h6-7,11H,5H2,1-2H3. The van der Waals surface area contributed by atoms with E-state index < -0.39 is 0 Å². The zero-order chi connectivity index (χ0) is 10.4. The van der Waals surface area contributed by atoms with Crippen molar-refractivity contribution in [1.82, 2.24) is 5.32 Å². The third-order valence-electron chi connectivity index (χ3n) is 1.48. The Morgan fingerprint density at radius 2 is 2.50 bits per heavy atom. The molecule has 4 heteroatoms. The van der Waals surface area contributed by atoms with Crippen molar-refractivity contribution in [2.45, 2.75) is 0 Å². The quantitative estimate of drug-likeness (QED) is 0.585. The molecule has 3 nitrogen and oxygen atoms in total. The Kier molecular flexibility index (Phi) is 4.17. The molecule has 1 aromatic rings. The number of rotatable bonds is 2. The van der Waals surface area contributed by atoms with Crippen LogP contribution in [0.25, 0.3) is 0 Å². The van der Waals surface area contributed by atoms with Crippen molar-refractivity contribution in [3.8, 4) is 11.8 Å². The van der Waals surface area contributed by atoms with E-state index in [0.29, 0.717) is 11.4 Å².